The van der Waals surface area contributed by atoms with Crippen LogP contribution in [0.1, 0.15) is 44.9 Å². The first-order valence-electron chi connectivity index (χ1n) is 8.11. The van der Waals surface area contributed by atoms with Gasteiger partial charge in [-0.1, -0.05) is 12.8 Å². The van der Waals surface area contributed by atoms with E-state index in [4.69, 9.17) is 0 Å². The van der Waals surface area contributed by atoms with Crippen molar-refractivity contribution in [1.29, 1.82) is 0 Å². The Morgan fingerprint density at radius 3 is 2.44 bits per heavy atom. The summed E-state index contributed by atoms with van der Waals surface area (Å²) < 4.78 is 0. The molecule has 0 bridgehead atoms. The summed E-state index contributed by atoms with van der Waals surface area (Å²) in [5.74, 6) is 0. The monoisotopic (exact) mass is 251 g/mol. The van der Waals surface area contributed by atoms with Crippen LogP contribution in [0.25, 0.3) is 0 Å². The summed E-state index contributed by atoms with van der Waals surface area (Å²) in [5, 5.41) is 3.74. The third-order valence-corrected chi connectivity index (χ3v) is 5.12. The molecule has 0 spiro atoms. The Morgan fingerprint density at radius 2 is 1.67 bits per heavy atom. The molecule has 1 saturated carbocycles. The maximum atomic E-state index is 3.74. The number of nitrogens with one attached hydrogen (secondary N) is 1. The van der Waals surface area contributed by atoms with Crippen LogP contribution in [0.4, 0.5) is 0 Å². The van der Waals surface area contributed by atoms with Crippen molar-refractivity contribution in [2.75, 3.05) is 39.3 Å². The quantitative estimate of drug-likeness (QED) is 0.802. The van der Waals surface area contributed by atoms with Gasteiger partial charge >= 0.3 is 0 Å². The van der Waals surface area contributed by atoms with Gasteiger partial charge in [-0.2, -0.15) is 0 Å². The van der Waals surface area contributed by atoms with Crippen LogP contribution in [0.3, 0.4) is 0 Å². The van der Waals surface area contributed by atoms with Crippen molar-refractivity contribution in [3.8, 4) is 0 Å². The molecule has 3 heteroatoms. The fourth-order valence-corrected chi connectivity index (χ4v) is 3.98. The molecule has 18 heavy (non-hydrogen) atoms. The van der Waals surface area contributed by atoms with E-state index in [0.29, 0.717) is 0 Å². The standard InChI is InChI=1S/C15H29N3/c1-2-6-14(5-1)16-8-12-17-11-7-15(13-17)18-9-3-4-10-18/h14-16H,1-13H2. The van der Waals surface area contributed by atoms with Crippen molar-refractivity contribution in [3.05, 3.63) is 0 Å². The molecule has 3 rings (SSSR count). The lowest BCUT2D eigenvalue weighted by molar-refractivity contribution is 0.231. The number of nitrogens with zero attached hydrogens (tertiary/aromatic N) is 2. The zero-order valence-corrected chi connectivity index (χ0v) is 11.7. The molecule has 104 valence electrons. The number of likely N-dealkylation sites (tertiary alicyclic amines) is 2. The van der Waals surface area contributed by atoms with Gasteiger partial charge in [0.15, 0.2) is 0 Å². The number of hydrogen-bond donors (Lipinski definition) is 1. The normalized spacial score (nSPS) is 31.7. The summed E-state index contributed by atoms with van der Waals surface area (Å²) in [4.78, 5) is 5.40. The first-order chi connectivity index (χ1) is 8.92. The zero-order chi connectivity index (χ0) is 12.2. The van der Waals surface area contributed by atoms with E-state index < -0.39 is 0 Å². The minimum atomic E-state index is 0.835. The van der Waals surface area contributed by atoms with E-state index in [1.54, 1.807) is 0 Å². The van der Waals surface area contributed by atoms with Gasteiger partial charge in [-0.05, 0) is 51.7 Å². The predicted molar refractivity (Wildman–Crippen MR) is 75.9 cm³/mol. The van der Waals surface area contributed by atoms with Gasteiger partial charge in [0.2, 0.25) is 0 Å². The third-order valence-electron chi connectivity index (χ3n) is 5.12. The van der Waals surface area contributed by atoms with Crippen LogP contribution in [0.15, 0.2) is 0 Å². The zero-order valence-electron chi connectivity index (χ0n) is 11.7. The van der Waals surface area contributed by atoms with Gasteiger partial charge in [-0.15, -0.1) is 0 Å². The molecule has 1 unspecified atom stereocenters. The van der Waals surface area contributed by atoms with Crippen molar-refractivity contribution in [2.45, 2.75) is 57.0 Å². The summed E-state index contributed by atoms with van der Waals surface area (Å²) >= 11 is 0. The van der Waals surface area contributed by atoms with E-state index in [9.17, 15) is 0 Å². The lowest BCUT2D eigenvalue weighted by Gasteiger charge is -2.24. The van der Waals surface area contributed by atoms with Crippen LogP contribution in [0.2, 0.25) is 0 Å². The fraction of sp³-hybridized carbons (Fsp3) is 1.00. The number of hydrogen-bond acceptors (Lipinski definition) is 3. The van der Waals surface area contributed by atoms with Crippen LogP contribution in [0, 0.1) is 0 Å². The van der Waals surface area contributed by atoms with Crippen LogP contribution in [0.5, 0.6) is 0 Å². The second-order valence-electron chi connectivity index (χ2n) is 6.42. The minimum Gasteiger partial charge on any atom is -0.313 e. The smallest absolute Gasteiger partial charge is 0.0235 e. The van der Waals surface area contributed by atoms with Gasteiger partial charge in [-0.25, -0.2) is 0 Å². The molecule has 1 atom stereocenters. The van der Waals surface area contributed by atoms with Crippen molar-refractivity contribution < 1.29 is 0 Å². The molecule has 1 N–H and O–H groups in total. The molecular formula is C15H29N3. The van der Waals surface area contributed by atoms with Crippen LogP contribution in [-0.4, -0.2) is 61.2 Å². The topological polar surface area (TPSA) is 18.5 Å². The van der Waals surface area contributed by atoms with Crippen molar-refractivity contribution in [1.82, 2.24) is 15.1 Å². The second kappa shape index (κ2) is 6.36. The molecule has 3 nitrogen and oxygen atoms in total. The predicted octanol–water partition coefficient (Wildman–Crippen LogP) is 1.69. The van der Waals surface area contributed by atoms with Crippen molar-refractivity contribution in [3.63, 3.8) is 0 Å². The highest BCUT2D eigenvalue weighted by atomic mass is 15.3. The summed E-state index contributed by atoms with van der Waals surface area (Å²) in [7, 11) is 0. The molecule has 3 aliphatic rings. The Morgan fingerprint density at radius 1 is 0.889 bits per heavy atom. The second-order valence-corrected chi connectivity index (χ2v) is 6.42. The molecule has 0 aromatic carbocycles. The Balaban J connectivity index is 1.32. The maximum absolute atomic E-state index is 3.74. The van der Waals surface area contributed by atoms with Crippen molar-refractivity contribution in [2.24, 2.45) is 0 Å². The Kier molecular flexibility index (Phi) is 4.55. The molecule has 1 aliphatic carbocycles. The van der Waals surface area contributed by atoms with Crippen molar-refractivity contribution >= 4 is 0 Å². The van der Waals surface area contributed by atoms with Crippen LogP contribution < -0.4 is 5.32 Å². The molecule has 0 aromatic rings. The van der Waals surface area contributed by atoms with Gasteiger partial charge in [0.05, 0.1) is 0 Å². The van der Waals surface area contributed by atoms with Crippen LogP contribution in [-0.2, 0) is 0 Å². The molecule has 3 fully saturated rings. The highest BCUT2D eigenvalue weighted by Crippen LogP contribution is 2.20. The van der Waals surface area contributed by atoms with Crippen LogP contribution >= 0.6 is 0 Å². The molecule has 2 aliphatic heterocycles. The van der Waals surface area contributed by atoms with Gasteiger partial charge in [0.25, 0.3) is 0 Å². The maximum Gasteiger partial charge on any atom is 0.0235 e. The average Bonchev–Trinajstić information content (AvgIpc) is 3.12. The van der Waals surface area contributed by atoms with Gasteiger partial charge < -0.3 is 10.2 Å². The molecule has 2 heterocycles. The van der Waals surface area contributed by atoms with E-state index in [2.05, 4.69) is 15.1 Å². The lowest BCUT2D eigenvalue weighted by atomic mass is 10.2. The van der Waals surface area contributed by atoms with E-state index >= 15 is 0 Å². The number of rotatable bonds is 5. The Labute approximate surface area is 112 Å². The SMILES string of the molecule is C1CCC(NCCN2CCC(N3CCCC3)C2)C1. The fourth-order valence-electron chi connectivity index (χ4n) is 3.98. The summed E-state index contributed by atoms with van der Waals surface area (Å²) in [6.45, 7) is 7.84. The third kappa shape index (κ3) is 3.25. The van der Waals surface area contributed by atoms with Gasteiger partial charge in [0, 0.05) is 31.7 Å². The summed E-state index contributed by atoms with van der Waals surface area (Å²) in [6.07, 6.45) is 9.98. The lowest BCUT2D eigenvalue weighted by Crippen LogP contribution is -2.38. The Bertz CT molecular complexity index is 244. The first kappa shape index (κ1) is 12.9. The Hall–Kier alpha value is -0.120. The highest BCUT2D eigenvalue weighted by Gasteiger charge is 2.28. The molecule has 0 aromatic heterocycles. The molecule has 0 amide bonds. The largest absolute Gasteiger partial charge is 0.313 e. The van der Waals surface area contributed by atoms with Gasteiger partial charge in [0.1, 0.15) is 0 Å². The first-order valence-corrected chi connectivity index (χ1v) is 8.11. The highest BCUT2D eigenvalue weighted by molar-refractivity contribution is 4.86. The van der Waals surface area contributed by atoms with E-state index in [1.165, 1.54) is 84.2 Å². The summed E-state index contributed by atoms with van der Waals surface area (Å²) in [6, 6.07) is 1.71. The van der Waals surface area contributed by atoms with Gasteiger partial charge in [-0.3, -0.25) is 4.90 Å². The minimum absolute atomic E-state index is 0.835. The van der Waals surface area contributed by atoms with E-state index in [0.717, 1.165) is 12.1 Å². The molecule has 0 radical (unpaired) electrons. The summed E-state index contributed by atoms with van der Waals surface area (Å²) in [5.41, 5.74) is 0. The van der Waals surface area contributed by atoms with E-state index in [1.807, 2.05) is 0 Å². The molecule has 2 saturated heterocycles. The van der Waals surface area contributed by atoms with E-state index in [-0.39, 0.29) is 0 Å². The average molecular weight is 251 g/mol. The molecular weight excluding hydrogens is 222 g/mol.